The van der Waals surface area contributed by atoms with Crippen LogP contribution in [0.25, 0.3) is 5.82 Å². The highest BCUT2D eigenvalue weighted by Gasteiger charge is 2.31. The van der Waals surface area contributed by atoms with E-state index < -0.39 is 12.3 Å². The van der Waals surface area contributed by atoms with E-state index in [-0.39, 0.29) is 12.3 Å². The van der Waals surface area contributed by atoms with Crippen LogP contribution in [-0.2, 0) is 6.54 Å². The molecular weight excluding hydrogens is 351 g/mol. The minimum atomic E-state index is -4.77. The van der Waals surface area contributed by atoms with Crippen LogP contribution in [0.1, 0.15) is 15.9 Å². The molecule has 1 N–H and O–H groups in total. The fourth-order valence-electron chi connectivity index (χ4n) is 2.16. The molecule has 7 nitrogen and oxygen atoms in total. The molecule has 0 aliphatic heterocycles. The standard InChI is InChI=1S/C16H12F3N5O2/c17-16(18,19)26-13-3-1-2-11(6-13)8-21-15(25)12-4-5-20-14(7-12)24-9-22-23-10-24/h1-7,9-10H,8H2,(H,21,25). The molecule has 2 aromatic heterocycles. The number of rotatable bonds is 5. The Bertz CT molecular complexity index is 897. The van der Waals surface area contributed by atoms with Crippen LogP contribution in [0.15, 0.2) is 55.2 Å². The molecule has 3 rings (SSSR count). The van der Waals surface area contributed by atoms with Crippen molar-refractivity contribution in [2.45, 2.75) is 12.9 Å². The maximum Gasteiger partial charge on any atom is 0.573 e. The number of alkyl halides is 3. The minimum absolute atomic E-state index is 0.0399. The summed E-state index contributed by atoms with van der Waals surface area (Å²) in [7, 11) is 0. The van der Waals surface area contributed by atoms with Crippen LogP contribution in [0.3, 0.4) is 0 Å². The summed E-state index contributed by atoms with van der Waals surface area (Å²) in [4.78, 5) is 16.4. The molecule has 0 saturated heterocycles. The molecule has 0 spiro atoms. The molecule has 0 atom stereocenters. The molecular formula is C16H12F3N5O2. The second kappa shape index (κ2) is 7.21. The number of benzene rings is 1. The van der Waals surface area contributed by atoms with Gasteiger partial charge in [-0.3, -0.25) is 9.36 Å². The van der Waals surface area contributed by atoms with Crippen LogP contribution in [0.5, 0.6) is 5.75 Å². The molecule has 26 heavy (non-hydrogen) atoms. The second-order valence-corrected chi connectivity index (χ2v) is 5.15. The van der Waals surface area contributed by atoms with Gasteiger partial charge in [0.25, 0.3) is 5.91 Å². The molecule has 10 heteroatoms. The zero-order valence-corrected chi connectivity index (χ0v) is 13.1. The fourth-order valence-corrected chi connectivity index (χ4v) is 2.16. The third-order valence-electron chi connectivity index (χ3n) is 3.28. The van der Waals surface area contributed by atoms with E-state index in [1.165, 1.54) is 47.7 Å². The number of ether oxygens (including phenoxy) is 1. The van der Waals surface area contributed by atoms with Crippen molar-refractivity contribution in [1.82, 2.24) is 25.1 Å². The third-order valence-corrected chi connectivity index (χ3v) is 3.28. The third kappa shape index (κ3) is 4.56. The Morgan fingerprint density at radius 1 is 1.15 bits per heavy atom. The fraction of sp³-hybridized carbons (Fsp3) is 0.125. The van der Waals surface area contributed by atoms with Gasteiger partial charge in [-0.2, -0.15) is 0 Å². The van der Waals surface area contributed by atoms with E-state index in [9.17, 15) is 18.0 Å². The number of pyridine rings is 1. The number of carbonyl (C=O) groups excluding carboxylic acids is 1. The zero-order valence-electron chi connectivity index (χ0n) is 13.1. The number of nitrogens with zero attached hydrogens (tertiary/aromatic N) is 4. The number of nitrogens with one attached hydrogen (secondary N) is 1. The molecule has 0 aliphatic rings. The van der Waals surface area contributed by atoms with Crippen molar-refractivity contribution in [3.05, 3.63) is 66.4 Å². The average molecular weight is 363 g/mol. The monoisotopic (exact) mass is 363 g/mol. The van der Waals surface area contributed by atoms with E-state index >= 15 is 0 Å². The van der Waals surface area contributed by atoms with Gasteiger partial charge in [-0.15, -0.1) is 23.4 Å². The predicted molar refractivity (Wildman–Crippen MR) is 83.4 cm³/mol. The van der Waals surface area contributed by atoms with Gasteiger partial charge in [0.05, 0.1) is 0 Å². The van der Waals surface area contributed by atoms with Gasteiger partial charge < -0.3 is 10.1 Å². The smallest absolute Gasteiger partial charge is 0.406 e. The normalized spacial score (nSPS) is 11.2. The summed E-state index contributed by atoms with van der Waals surface area (Å²) < 4.78 is 42.2. The van der Waals surface area contributed by atoms with Crippen molar-refractivity contribution >= 4 is 5.91 Å². The Labute approximate surface area is 145 Å². The van der Waals surface area contributed by atoms with Gasteiger partial charge in [0.1, 0.15) is 24.2 Å². The molecule has 0 fully saturated rings. The van der Waals surface area contributed by atoms with Gasteiger partial charge in [0, 0.05) is 18.3 Å². The van der Waals surface area contributed by atoms with Crippen molar-refractivity contribution < 1.29 is 22.7 Å². The summed E-state index contributed by atoms with van der Waals surface area (Å²) in [5.41, 5.74) is 0.805. The largest absolute Gasteiger partial charge is 0.573 e. The number of carbonyl (C=O) groups is 1. The number of hydrogen-bond donors (Lipinski definition) is 1. The Morgan fingerprint density at radius 2 is 1.92 bits per heavy atom. The van der Waals surface area contributed by atoms with Crippen molar-refractivity contribution in [2.75, 3.05) is 0 Å². The van der Waals surface area contributed by atoms with Crippen molar-refractivity contribution in [1.29, 1.82) is 0 Å². The second-order valence-electron chi connectivity index (χ2n) is 5.15. The van der Waals surface area contributed by atoms with Gasteiger partial charge in [-0.25, -0.2) is 4.98 Å². The molecule has 0 radical (unpaired) electrons. The lowest BCUT2D eigenvalue weighted by atomic mass is 10.2. The van der Waals surface area contributed by atoms with Crippen molar-refractivity contribution in [3.63, 3.8) is 0 Å². The maximum atomic E-state index is 12.3. The van der Waals surface area contributed by atoms with E-state index in [4.69, 9.17) is 0 Å². The molecule has 1 aromatic carbocycles. The minimum Gasteiger partial charge on any atom is -0.406 e. The lowest BCUT2D eigenvalue weighted by Crippen LogP contribution is -2.23. The number of halogens is 3. The Morgan fingerprint density at radius 3 is 2.65 bits per heavy atom. The van der Waals surface area contributed by atoms with E-state index in [1.54, 1.807) is 12.1 Å². The first-order valence-electron chi connectivity index (χ1n) is 7.35. The van der Waals surface area contributed by atoms with Gasteiger partial charge in [-0.1, -0.05) is 12.1 Å². The summed E-state index contributed by atoms with van der Waals surface area (Å²) in [6.45, 7) is 0.0399. The quantitative estimate of drug-likeness (QED) is 0.753. The number of aromatic nitrogens is 4. The molecule has 134 valence electrons. The van der Waals surface area contributed by atoms with Crippen LogP contribution >= 0.6 is 0 Å². The topological polar surface area (TPSA) is 81.9 Å². The van der Waals surface area contributed by atoms with E-state index in [0.29, 0.717) is 16.9 Å². The molecule has 0 saturated carbocycles. The average Bonchev–Trinajstić information content (AvgIpc) is 3.13. The van der Waals surface area contributed by atoms with Gasteiger partial charge >= 0.3 is 6.36 Å². The Hall–Kier alpha value is -3.43. The van der Waals surface area contributed by atoms with Crippen LogP contribution in [0.2, 0.25) is 0 Å². The molecule has 1 amide bonds. The van der Waals surface area contributed by atoms with Gasteiger partial charge in [0.15, 0.2) is 0 Å². The van der Waals surface area contributed by atoms with Gasteiger partial charge in [-0.05, 0) is 29.8 Å². The maximum absolute atomic E-state index is 12.3. The molecule has 0 bridgehead atoms. The predicted octanol–water partition coefficient (Wildman–Crippen LogP) is 2.49. The van der Waals surface area contributed by atoms with Crippen LogP contribution < -0.4 is 10.1 Å². The molecule has 3 aromatic rings. The number of hydrogen-bond acceptors (Lipinski definition) is 5. The summed E-state index contributed by atoms with van der Waals surface area (Å²) in [6.07, 6.45) is -0.425. The van der Waals surface area contributed by atoms with E-state index in [0.717, 1.165) is 0 Å². The zero-order chi connectivity index (χ0) is 18.6. The molecule has 0 unspecified atom stereocenters. The lowest BCUT2D eigenvalue weighted by molar-refractivity contribution is -0.274. The first-order chi connectivity index (χ1) is 12.4. The Balaban J connectivity index is 1.66. The SMILES string of the molecule is O=C(NCc1cccc(OC(F)(F)F)c1)c1ccnc(-n2cnnc2)c1. The first kappa shape index (κ1) is 17.4. The highest BCUT2D eigenvalue weighted by molar-refractivity contribution is 5.94. The van der Waals surface area contributed by atoms with Crippen LogP contribution in [0, 0.1) is 0 Å². The summed E-state index contributed by atoms with van der Waals surface area (Å²) in [5.74, 6) is -0.282. The highest BCUT2D eigenvalue weighted by atomic mass is 19.4. The summed E-state index contributed by atoms with van der Waals surface area (Å²) >= 11 is 0. The van der Waals surface area contributed by atoms with E-state index in [1.807, 2.05) is 0 Å². The first-order valence-corrected chi connectivity index (χ1v) is 7.35. The highest BCUT2D eigenvalue weighted by Crippen LogP contribution is 2.23. The van der Waals surface area contributed by atoms with E-state index in [2.05, 4.69) is 25.2 Å². The lowest BCUT2D eigenvalue weighted by Gasteiger charge is -2.11. The van der Waals surface area contributed by atoms with Crippen LogP contribution in [-0.4, -0.2) is 32.0 Å². The number of amides is 1. The summed E-state index contributed by atoms with van der Waals surface area (Å²) in [5, 5.41) is 9.96. The summed E-state index contributed by atoms with van der Waals surface area (Å²) in [6, 6.07) is 8.46. The van der Waals surface area contributed by atoms with Gasteiger partial charge in [0.2, 0.25) is 0 Å². The van der Waals surface area contributed by atoms with Crippen LogP contribution in [0.4, 0.5) is 13.2 Å². The molecule has 2 heterocycles. The Kier molecular flexibility index (Phi) is 4.83. The molecule has 0 aliphatic carbocycles. The van der Waals surface area contributed by atoms with Crippen molar-refractivity contribution in [2.24, 2.45) is 0 Å². The van der Waals surface area contributed by atoms with Crippen molar-refractivity contribution in [3.8, 4) is 11.6 Å².